The Hall–Kier alpha value is -3.35. The Morgan fingerprint density at radius 1 is 1.12 bits per heavy atom. The van der Waals surface area contributed by atoms with Gasteiger partial charge in [-0.25, -0.2) is 0 Å². The van der Waals surface area contributed by atoms with Gasteiger partial charge in [0.2, 0.25) is 5.78 Å². The molecule has 0 amide bonds. The molecule has 11 nitrogen and oxygen atoms in total. The zero-order valence-electron chi connectivity index (χ0n) is 22.9. The van der Waals surface area contributed by atoms with E-state index in [9.17, 15) is 34.8 Å². The van der Waals surface area contributed by atoms with Crippen LogP contribution in [0.3, 0.4) is 0 Å². The lowest BCUT2D eigenvalue weighted by molar-refractivity contribution is -0.257. The summed E-state index contributed by atoms with van der Waals surface area (Å²) in [7, 11) is 4.80. The van der Waals surface area contributed by atoms with Crippen LogP contribution in [0.5, 0.6) is 11.5 Å². The highest BCUT2D eigenvalue weighted by Crippen LogP contribution is 2.53. The van der Waals surface area contributed by atoms with Gasteiger partial charge in [-0.05, 0) is 45.6 Å². The number of carbonyl (C=O) groups excluding carboxylic acids is 3. The maximum Gasteiger partial charge on any atom is 0.316 e. The predicted molar refractivity (Wildman–Crippen MR) is 139 cm³/mol. The number of hydrogen-bond donors (Lipinski definition) is 4. The molecule has 7 atom stereocenters. The van der Waals surface area contributed by atoms with Gasteiger partial charge < -0.3 is 39.5 Å². The van der Waals surface area contributed by atoms with E-state index >= 15 is 0 Å². The molecule has 3 aliphatic rings. The normalized spacial score (nSPS) is 31.4. The summed E-state index contributed by atoms with van der Waals surface area (Å²) in [6.45, 7) is 3.14. The minimum absolute atomic E-state index is 0.0419. The number of phenolic OH excluding ortho intramolecular Hbond substituents is 2. The van der Waals surface area contributed by atoms with E-state index < -0.39 is 65.2 Å². The molecule has 2 aliphatic carbocycles. The minimum atomic E-state index is -1.73. The zero-order chi connectivity index (χ0) is 29.3. The van der Waals surface area contributed by atoms with Gasteiger partial charge in [-0.15, -0.1) is 0 Å². The number of benzene rings is 2. The number of ether oxygens (including phenoxy) is 3. The Balaban J connectivity index is 1.67. The average Bonchev–Trinajstić information content (AvgIpc) is 2.87. The molecule has 1 fully saturated rings. The van der Waals surface area contributed by atoms with Crippen molar-refractivity contribution in [3.63, 3.8) is 0 Å². The highest BCUT2D eigenvalue weighted by molar-refractivity contribution is 6.30. The summed E-state index contributed by atoms with van der Waals surface area (Å²) in [5.74, 6) is -4.47. The number of esters is 1. The maximum absolute atomic E-state index is 13.6. The van der Waals surface area contributed by atoms with E-state index in [0.717, 1.165) is 7.11 Å². The van der Waals surface area contributed by atoms with Crippen molar-refractivity contribution in [3.8, 4) is 11.5 Å². The highest BCUT2D eigenvalue weighted by atomic mass is 16.7. The summed E-state index contributed by atoms with van der Waals surface area (Å²) >= 11 is 0. The second-order valence-electron chi connectivity index (χ2n) is 11.2. The molecule has 0 radical (unpaired) electrons. The zero-order valence-corrected chi connectivity index (χ0v) is 22.9. The number of methoxy groups -OCH3 is 1. The van der Waals surface area contributed by atoms with E-state index in [-0.39, 0.29) is 52.3 Å². The number of nitrogens with zero attached hydrogens (tertiary/aromatic N) is 1. The fourth-order valence-electron chi connectivity index (χ4n) is 6.29. The second kappa shape index (κ2) is 9.93. The van der Waals surface area contributed by atoms with Crippen molar-refractivity contribution in [1.29, 1.82) is 0 Å². The van der Waals surface area contributed by atoms with Gasteiger partial charge in [-0.2, -0.15) is 0 Å². The number of aliphatic hydroxyl groups excluding tert-OH is 1. The van der Waals surface area contributed by atoms with Crippen molar-refractivity contribution < 1.29 is 49.0 Å². The number of aromatic hydroxyl groups is 2. The van der Waals surface area contributed by atoms with Gasteiger partial charge in [0.1, 0.15) is 17.4 Å². The van der Waals surface area contributed by atoms with Crippen LogP contribution >= 0.6 is 0 Å². The molecule has 0 spiro atoms. The van der Waals surface area contributed by atoms with E-state index in [1.165, 1.54) is 31.2 Å². The molecule has 1 saturated heterocycles. The molecule has 40 heavy (non-hydrogen) atoms. The van der Waals surface area contributed by atoms with Gasteiger partial charge in [0.05, 0.1) is 42.1 Å². The SMILES string of the molecule is COC(=O)[C@@H]1c2cc3c(c(O)c2[C@H](O[C@@H]2C[C@H](N(C)C)[C@@H](O)[C@H](C)O2)C[C@]1(C)O)C(=O)c1c(O)cccc1C3=O. The van der Waals surface area contributed by atoms with Gasteiger partial charge >= 0.3 is 5.97 Å². The van der Waals surface area contributed by atoms with Gasteiger partial charge in [-0.1, -0.05) is 12.1 Å². The van der Waals surface area contributed by atoms with Gasteiger partial charge in [-0.3, -0.25) is 14.4 Å². The largest absolute Gasteiger partial charge is 0.507 e. The molecule has 1 heterocycles. The third-order valence-corrected chi connectivity index (χ3v) is 8.30. The predicted octanol–water partition coefficient (Wildman–Crippen LogP) is 1.77. The first-order chi connectivity index (χ1) is 18.8. The molecular weight excluding hydrogens is 522 g/mol. The van der Waals surface area contributed by atoms with Crippen LogP contribution in [0.25, 0.3) is 0 Å². The monoisotopic (exact) mass is 555 g/mol. The van der Waals surface area contributed by atoms with Crippen LogP contribution < -0.4 is 0 Å². The molecule has 2 aromatic carbocycles. The highest BCUT2D eigenvalue weighted by Gasteiger charge is 2.51. The molecule has 5 rings (SSSR count). The Morgan fingerprint density at radius 2 is 1.82 bits per heavy atom. The number of hydrogen-bond acceptors (Lipinski definition) is 11. The van der Waals surface area contributed by atoms with Crippen molar-refractivity contribution in [2.24, 2.45) is 0 Å². The van der Waals surface area contributed by atoms with Crippen LogP contribution in [0, 0.1) is 0 Å². The number of aliphatic hydroxyl groups is 2. The van der Waals surface area contributed by atoms with Crippen molar-refractivity contribution in [3.05, 3.63) is 57.6 Å². The first-order valence-corrected chi connectivity index (χ1v) is 13.0. The Morgan fingerprint density at radius 3 is 2.48 bits per heavy atom. The number of rotatable bonds is 4. The standard InChI is InChI=1S/C29H33NO10/c1-12-24(32)16(30(3)4)10-19(39-12)40-18-11-29(2,37)23(28(36)38-5)14-9-15-22(27(35)21(14)18)26(34)20-13(25(15)33)7-6-8-17(20)31/h6-9,12,16,18-19,23-24,31-32,35,37H,10-11H2,1-5H3/t12-,16-,18+,19+,23-,24-,29-/m0/s1. The molecular formula is C29H33NO10. The molecule has 2 aromatic rings. The van der Waals surface area contributed by atoms with Crippen molar-refractivity contribution in [1.82, 2.24) is 4.90 Å². The first kappa shape index (κ1) is 28.2. The van der Waals surface area contributed by atoms with Gasteiger partial charge in [0.15, 0.2) is 12.1 Å². The smallest absolute Gasteiger partial charge is 0.316 e. The minimum Gasteiger partial charge on any atom is -0.507 e. The van der Waals surface area contributed by atoms with E-state index in [4.69, 9.17) is 14.2 Å². The molecule has 214 valence electrons. The number of carbonyl (C=O) groups is 3. The van der Waals surface area contributed by atoms with Gasteiger partial charge in [0, 0.05) is 35.6 Å². The fourth-order valence-corrected chi connectivity index (χ4v) is 6.29. The molecule has 0 aromatic heterocycles. The van der Waals surface area contributed by atoms with Crippen LogP contribution in [-0.2, 0) is 19.0 Å². The van der Waals surface area contributed by atoms with Gasteiger partial charge in [0.25, 0.3) is 0 Å². The van der Waals surface area contributed by atoms with Crippen LogP contribution in [-0.4, -0.2) is 94.2 Å². The van der Waals surface area contributed by atoms with E-state index in [2.05, 4.69) is 0 Å². The van der Waals surface area contributed by atoms with Crippen LogP contribution in [0.4, 0.5) is 0 Å². The fraction of sp³-hybridized carbons (Fsp3) is 0.483. The summed E-state index contributed by atoms with van der Waals surface area (Å²) in [6, 6.07) is 5.11. The summed E-state index contributed by atoms with van der Waals surface area (Å²) in [5, 5.41) is 44.1. The molecule has 0 saturated carbocycles. The van der Waals surface area contributed by atoms with Crippen LogP contribution in [0.15, 0.2) is 24.3 Å². The Labute approximate surface area is 230 Å². The maximum atomic E-state index is 13.6. The molecule has 0 unspecified atom stereocenters. The van der Waals surface area contributed by atoms with Crippen molar-refractivity contribution >= 4 is 17.5 Å². The lowest BCUT2D eigenvalue weighted by Crippen LogP contribution is -2.54. The second-order valence-corrected chi connectivity index (χ2v) is 11.2. The number of phenols is 2. The van der Waals surface area contributed by atoms with Crippen LogP contribution in [0.1, 0.15) is 81.7 Å². The quantitative estimate of drug-likeness (QED) is 0.347. The third-order valence-electron chi connectivity index (χ3n) is 8.30. The molecule has 11 heteroatoms. The molecule has 0 bridgehead atoms. The molecule has 1 aliphatic heterocycles. The number of fused-ring (bicyclic) bond motifs is 3. The summed E-state index contributed by atoms with van der Waals surface area (Å²) in [5.41, 5.74) is -2.36. The Bertz CT molecular complexity index is 1400. The summed E-state index contributed by atoms with van der Waals surface area (Å²) < 4.78 is 17.2. The van der Waals surface area contributed by atoms with E-state index in [1.54, 1.807) is 6.92 Å². The van der Waals surface area contributed by atoms with E-state index in [0.29, 0.717) is 0 Å². The molecule has 4 N–H and O–H groups in total. The van der Waals surface area contributed by atoms with E-state index in [1.807, 2.05) is 19.0 Å². The summed E-state index contributed by atoms with van der Waals surface area (Å²) in [6.07, 6.45) is -3.23. The lowest BCUT2D eigenvalue weighted by atomic mass is 9.68. The lowest BCUT2D eigenvalue weighted by Gasteiger charge is -2.45. The van der Waals surface area contributed by atoms with Crippen LogP contribution in [0.2, 0.25) is 0 Å². The average molecular weight is 556 g/mol. The van der Waals surface area contributed by atoms with Crippen molar-refractivity contribution in [2.45, 2.75) is 68.9 Å². The summed E-state index contributed by atoms with van der Waals surface area (Å²) in [4.78, 5) is 41.9. The number of ketones is 2. The Kier molecular flexibility index (Phi) is 7.00. The number of likely N-dealkylation sites (N-methyl/N-ethyl adjacent to an activating group) is 1. The topological polar surface area (TPSA) is 163 Å². The first-order valence-electron chi connectivity index (χ1n) is 13.0. The van der Waals surface area contributed by atoms with Crippen molar-refractivity contribution in [2.75, 3.05) is 21.2 Å². The third kappa shape index (κ3) is 4.29.